The number of rotatable bonds is 16. The van der Waals surface area contributed by atoms with Crippen LogP contribution >= 0.6 is 23.5 Å². The molecule has 0 aromatic heterocycles. The molecule has 4 atom stereocenters. The normalized spacial score (nSPS) is 27.3. The van der Waals surface area contributed by atoms with Gasteiger partial charge in [0.1, 0.15) is 0 Å². The molecule has 4 heteroatoms. The fourth-order valence-corrected chi connectivity index (χ4v) is 8.48. The predicted molar refractivity (Wildman–Crippen MR) is 141 cm³/mol. The first-order chi connectivity index (χ1) is 14.7. The first-order valence-corrected chi connectivity index (χ1v) is 15.1. The molecule has 0 bridgehead atoms. The van der Waals surface area contributed by atoms with Crippen LogP contribution in [0.2, 0.25) is 0 Å². The molecule has 2 heterocycles. The Morgan fingerprint density at radius 1 is 0.548 bits per heavy atom. The Bertz CT molecular complexity index is 438. The Hall–Kier alpha value is 0.620. The van der Waals surface area contributed by atoms with E-state index in [0.29, 0.717) is 13.2 Å². The van der Waals surface area contributed by atoms with E-state index in [1.165, 1.54) is 83.5 Å². The predicted octanol–water partition coefficient (Wildman–Crippen LogP) is 7.84. The van der Waals surface area contributed by atoms with Crippen molar-refractivity contribution in [1.82, 2.24) is 0 Å². The highest BCUT2D eigenvalue weighted by atomic mass is 32.2. The highest BCUT2D eigenvalue weighted by Crippen LogP contribution is 2.42. The van der Waals surface area contributed by atoms with E-state index in [2.05, 4.69) is 51.2 Å². The van der Waals surface area contributed by atoms with E-state index in [-0.39, 0.29) is 10.8 Å². The smallest absolute Gasteiger partial charge is 0.0482 e. The number of unbranched alkanes of at least 4 members (excludes halogenated alkanes) is 2. The van der Waals surface area contributed by atoms with E-state index in [1.807, 2.05) is 0 Å². The summed E-state index contributed by atoms with van der Waals surface area (Å²) in [5, 5.41) is 22.4. The molecular weight excluding hydrogens is 420 g/mol. The number of hydrogen-bond acceptors (Lipinski definition) is 4. The fourth-order valence-electron chi connectivity index (χ4n) is 5.09. The van der Waals surface area contributed by atoms with Gasteiger partial charge in [-0.15, -0.1) is 0 Å². The van der Waals surface area contributed by atoms with Gasteiger partial charge in [-0.3, -0.25) is 0 Å². The molecular formula is C27H52O2S2. The Labute approximate surface area is 202 Å². The minimum Gasteiger partial charge on any atom is -0.396 e. The van der Waals surface area contributed by atoms with Crippen molar-refractivity contribution in [3.8, 4) is 0 Å². The number of aliphatic hydroxyl groups is 2. The van der Waals surface area contributed by atoms with E-state index in [1.54, 1.807) is 0 Å². The first kappa shape index (κ1) is 27.9. The molecule has 2 rings (SSSR count). The lowest BCUT2D eigenvalue weighted by atomic mass is 9.88. The molecule has 0 spiro atoms. The van der Waals surface area contributed by atoms with Gasteiger partial charge >= 0.3 is 0 Å². The van der Waals surface area contributed by atoms with E-state index >= 15 is 0 Å². The summed E-state index contributed by atoms with van der Waals surface area (Å²) in [7, 11) is 0. The summed E-state index contributed by atoms with van der Waals surface area (Å²) in [5.41, 5.74) is 0.221. The summed E-state index contributed by atoms with van der Waals surface area (Å²) in [6.45, 7) is 9.35. The van der Waals surface area contributed by atoms with E-state index in [9.17, 15) is 10.2 Å². The maximum atomic E-state index is 9.39. The van der Waals surface area contributed by atoms with E-state index < -0.39 is 0 Å². The molecule has 0 saturated carbocycles. The van der Waals surface area contributed by atoms with E-state index in [0.717, 1.165) is 33.8 Å². The molecule has 31 heavy (non-hydrogen) atoms. The lowest BCUT2D eigenvalue weighted by Gasteiger charge is -2.21. The van der Waals surface area contributed by atoms with Crippen LogP contribution in [0.15, 0.2) is 0 Å². The van der Waals surface area contributed by atoms with Crippen LogP contribution in [0.5, 0.6) is 0 Å². The Kier molecular flexibility index (Phi) is 12.7. The Morgan fingerprint density at radius 3 is 1.19 bits per heavy atom. The molecule has 2 aliphatic heterocycles. The highest BCUT2D eigenvalue weighted by Gasteiger charge is 2.28. The van der Waals surface area contributed by atoms with Gasteiger partial charge in [-0.2, -0.15) is 23.5 Å². The van der Waals surface area contributed by atoms with E-state index in [4.69, 9.17) is 0 Å². The summed E-state index contributed by atoms with van der Waals surface area (Å²) in [6, 6.07) is 0. The average molecular weight is 473 g/mol. The lowest BCUT2D eigenvalue weighted by Crippen LogP contribution is -2.16. The molecule has 184 valence electrons. The molecule has 0 radical (unpaired) electrons. The Morgan fingerprint density at radius 2 is 0.871 bits per heavy atom. The van der Waals surface area contributed by atoms with Crippen molar-refractivity contribution < 1.29 is 10.2 Å². The van der Waals surface area contributed by atoms with Gasteiger partial charge in [-0.25, -0.2) is 0 Å². The number of thioether (sulfide) groups is 2. The van der Waals surface area contributed by atoms with Gasteiger partial charge in [0.05, 0.1) is 0 Å². The van der Waals surface area contributed by atoms with Crippen molar-refractivity contribution in [3.63, 3.8) is 0 Å². The molecule has 2 saturated heterocycles. The largest absolute Gasteiger partial charge is 0.396 e. The zero-order valence-corrected chi connectivity index (χ0v) is 22.7. The third-order valence-corrected chi connectivity index (χ3v) is 11.0. The monoisotopic (exact) mass is 472 g/mol. The molecule has 2 fully saturated rings. The highest BCUT2D eigenvalue weighted by molar-refractivity contribution is 8.01. The van der Waals surface area contributed by atoms with Crippen LogP contribution in [-0.4, -0.2) is 44.4 Å². The van der Waals surface area contributed by atoms with Crippen molar-refractivity contribution >= 4 is 23.5 Å². The van der Waals surface area contributed by atoms with Crippen molar-refractivity contribution in [1.29, 1.82) is 0 Å². The lowest BCUT2D eigenvalue weighted by molar-refractivity contribution is 0.147. The fraction of sp³-hybridized carbons (Fsp3) is 1.00. The SMILES string of the molecule is CC(C)(CO)CCCCC1CCC(CCCC2CCC(CCCCC(C)(C)CO)S2)S1. The number of hydrogen-bond donors (Lipinski definition) is 2. The van der Waals surface area contributed by atoms with Crippen molar-refractivity contribution in [2.24, 2.45) is 10.8 Å². The van der Waals surface area contributed by atoms with Gasteiger partial charge < -0.3 is 10.2 Å². The average Bonchev–Trinajstić information content (AvgIpc) is 3.38. The van der Waals surface area contributed by atoms with Crippen molar-refractivity contribution in [2.45, 2.75) is 145 Å². The maximum absolute atomic E-state index is 9.39. The molecule has 2 aliphatic rings. The maximum Gasteiger partial charge on any atom is 0.0482 e. The summed E-state index contributed by atoms with van der Waals surface area (Å²) in [4.78, 5) is 0. The van der Waals surface area contributed by atoms with Crippen LogP contribution in [0.25, 0.3) is 0 Å². The van der Waals surface area contributed by atoms with Gasteiger partial charge in [0.15, 0.2) is 0 Å². The van der Waals surface area contributed by atoms with Gasteiger partial charge in [0.25, 0.3) is 0 Å². The van der Waals surface area contributed by atoms with Crippen LogP contribution in [0.1, 0.15) is 124 Å². The summed E-state index contributed by atoms with van der Waals surface area (Å²) < 4.78 is 0. The van der Waals surface area contributed by atoms with Crippen molar-refractivity contribution in [2.75, 3.05) is 13.2 Å². The quantitative estimate of drug-likeness (QED) is 0.224. The second-order valence-electron chi connectivity index (χ2n) is 12.0. The third kappa shape index (κ3) is 11.5. The molecule has 0 aromatic rings. The second-order valence-corrected chi connectivity index (χ2v) is 15.2. The zero-order chi connectivity index (χ0) is 22.7. The van der Waals surface area contributed by atoms with Gasteiger partial charge in [-0.1, -0.05) is 59.8 Å². The number of aliphatic hydroxyl groups excluding tert-OH is 2. The minimum atomic E-state index is 0.111. The minimum absolute atomic E-state index is 0.111. The topological polar surface area (TPSA) is 40.5 Å². The van der Waals surface area contributed by atoms with Gasteiger partial charge in [-0.05, 0) is 75.0 Å². The van der Waals surface area contributed by atoms with Crippen LogP contribution in [0, 0.1) is 10.8 Å². The van der Waals surface area contributed by atoms with Crippen LogP contribution in [-0.2, 0) is 0 Å². The molecule has 2 nitrogen and oxygen atoms in total. The second kappa shape index (κ2) is 14.1. The molecule has 4 unspecified atom stereocenters. The third-order valence-electron chi connectivity index (χ3n) is 7.56. The molecule has 0 aromatic carbocycles. The molecule has 2 N–H and O–H groups in total. The van der Waals surface area contributed by atoms with Crippen LogP contribution < -0.4 is 0 Å². The molecule has 0 amide bonds. The van der Waals surface area contributed by atoms with Crippen LogP contribution in [0.4, 0.5) is 0 Å². The molecule has 0 aliphatic carbocycles. The van der Waals surface area contributed by atoms with Gasteiger partial charge in [0.2, 0.25) is 0 Å². The summed E-state index contributed by atoms with van der Waals surface area (Å²) >= 11 is 4.60. The van der Waals surface area contributed by atoms with Gasteiger partial charge in [0, 0.05) is 34.2 Å². The van der Waals surface area contributed by atoms with Crippen LogP contribution in [0.3, 0.4) is 0 Å². The standard InChI is InChI=1S/C27H52O2S2/c1-26(2,20-28)18-7-5-10-22-14-16-24(30-22)12-9-13-25-17-15-23(31-25)11-6-8-19-27(3,4)21-29/h22-25,28-29H,5-21H2,1-4H3. The zero-order valence-electron chi connectivity index (χ0n) is 21.0. The van der Waals surface area contributed by atoms with Crippen molar-refractivity contribution in [3.05, 3.63) is 0 Å². The Balaban J connectivity index is 1.47. The first-order valence-electron chi connectivity index (χ1n) is 13.3. The summed E-state index contributed by atoms with van der Waals surface area (Å²) in [6.07, 6.45) is 20.4. The summed E-state index contributed by atoms with van der Waals surface area (Å²) in [5.74, 6) is 0.